The Balaban J connectivity index is 1.23. The van der Waals surface area contributed by atoms with Crippen LogP contribution in [0.3, 0.4) is 0 Å². The molecule has 1 aliphatic heterocycles. The monoisotopic (exact) mass is 471 g/mol. The number of halogens is 1. The molecular weight excluding hydrogens is 449 g/mol. The number of amides is 2. The van der Waals surface area contributed by atoms with Gasteiger partial charge in [-0.25, -0.2) is 14.4 Å². The zero-order chi connectivity index (χ0) is 24.2. The van der Waals surface area contributed by atoms with Crippen LogP contribution in [0.4, 0.5) is 10.1 Å². The van der Waals surface area contributed by atoms with Crippen molar-refractivity contribution in [2.75, 3.05) is 5.32 Å². The number of anilines is 1. The lowest BCUT2D eigenvalue weighted by atomic mass is 10.1. The summed E-state index contributed by atoms with van der Waals surface area (Å²) in [6, 6.07) is 18.6. The van der Waals surface area contributed by atoms with Gasteiger partial charge in [0.2, 0.25) is 5.91 Å². The highest BCUT2D eigenvalue weighted by Crippen LogP contribution is 2.20. The topological polar surface area (TPSA) is 88.3 Å². The summed E-state index contributed by atoms with van der Waals surface area (Å²) in [5.41, 5.74) is 3.15. The van der Waals surface area contributed by atoms with Crippen molar-refractivity contribution in [2.45, 2.75) is 26.0 Å². The van der Waals surface area contributed by atoms with E-state index in [-0.39, 0.29) is 49.3 Å². The molecule has 2 amide bonds. The lowest BCUT2D eigenvalue weighted by Crippen LogP contribution is -2.36. The maximum atomic E-state index is 13.2. The number of carbonyl (C=O) groups excluding carboxylic acids is 2. The van der Waals surface area contributed by atoms with Crippen LogP contribution < -0.4 is 10.1 Å². The third-order valence-electron chi connectivity index (χ3n) is 5.51. The molecule has 0 saturated carbocycles. The molecule has 0 unspecified atom stereocenters. The molecule has 2 aromatic heterocycles. The Kier molecular flexibility index (Phi) is 6.21. The second-order valence-corrected chi connectivity index (χ2v) is 8.09. The summed E-state index contributed by atoms with van der Waals surface area (Å²) in [5.74, 6) is -0.349. The van der Waals surface area contributed by atoms with Crippen LogP contribution in [0.25, 0.3) is 5.65 Å². The number of hydrogen-bond donors (Lipinski definition) is 1. The number of carbonyl (C=O) groups is 2. The SMILES string of the molecule is O=C(Nc1cccc(OCc2cn3ccccc3n2)c1)C1=NN(Cc2ccc(F)cc2)C(=O)CC1. The van der Waals surface area contributed by atoms with Crippen LogP contribution in [0.5, 0.6) is 5.75 Å². The van der Waals surface area contributed by atoms with Crippen LogP contribution in [0, 0.1) is 5.82 Å². The van der Waals surface area contributed by atoms with E-state index in [0.29, 0.717) is 11.4 Å². The zero-order valence-corrected chi connectivity index (χ0v) is 18.7. The number of fused-ring (bicyclic) bond motifs is 1. The number of aromatic nitrogens is 2. The van der Waals surface area contributed by atoms with Crippen molar-refractivity contribution in [1.29, 1.82) is 0 Å². The Labute approximate surface area is 200 Å². The first-order chi connectivity index (χ1) is 17.0. The van der Waals surface area contributed by atoms with Crippen molar-refractivity contribution < 1.29 is 18.7 Å². The molecule has 0 fully saturated rings. The highest BCUT2D eigenvalue weighted by molar-refractivity contribution is 6.43. The number of rotatable bonds is 7. The fraction of sp³-hybridized carbons (Fsp3) is 0.154. The largest absolute Gasteiger partial charge is 0.487 e. The summed E-state index contributed by atoms with van der Waals surface area (Å²) >= 11 is 0. The summed E-state index contributed by atoms with van der Waals surface area (Å²) in [6.07, 6.45) is 4.25. The van der Waals surface area contributed by atoms with E-state index in [1.165, 1.54) is 17.1 Å². The van der Waals surface area contributed by atoms with Crippen molar-refractivity contribution in [2.24, 2.45) is 5.10 Å². The van der Waals surface area contributed by atoms with E-state index < -0.39 is 0 Å². The first-order valence-electron chi connectivity index (χ1n) is 11.1. The number of pyridine rings is 1. The summed E-state index contributed by atoms with van der Waals surface area (Å²) < 4.78 is 20.9. The Morgan fingerprint density at radius 1 is 1.06 bits per heavy atom. The molecule has 1 aliphatic rings. The number of hydrazone groups is 1. The van der Waals surface area contributed by atoms with Crippen LogP contribution in [-0.4, -0.2) is 31.9 Å². The summed E-state index contributed by atoms with van der Waals surface area (Å²) in [5, 5.41) is 8.32. The predicted molar refractivity (Wildman–Crippen MR) is 128 cm³/mol. The minimum atomic E-state index is -0.390. The second-order valence-electron chi connectivity index (χ2n) is 8.09. The smallest absolute Gasteiger partial charge is 0.271 e. The fourth-order valence-corrected chi connectivity index (χ4v) is 3.73. The van der Waals surface area contributed by atoms with Gasteiger partial charge in [0.15, 0.2) is 0 Å². The van der Waals surface area contributed by atoms with Crippen LogP contribution >= 0.6 is 0 Å². The first-order valence-corrected chi connectivity index (χ1v) is 11.1. The van der Waals surface area contributed by atoms with Gasteiger partial charge >= 0.3 is 0 Å². The van der Waals surface area contributed by atoms with Gasteiger partial charge in [0.05, 0.1) is 12.2 Å². The maximum absolute atomic E-state index is 13.2. The molecule has 5 rings (SSSR count). The van der Waals surface area contributed by atoms with E-state index in [9.17, 15) is 14.0 Å². The van der Waals surface area contributed by atoms with E-state index in [0.717, 1.165) is 16.9 Å². The average molecular weight is 471 g/mol. The third-order valence-corrected chi connectivity index (χ3v) is 5.51. The third kappa shape index (κ3) is 5.35. The van der Waals surface area contributed by atoms with Gasteiger partial charge in [-0.3, -0.25) is 9.59 Å². The number of nitrogens with one attached hydrogen (secondary N) is 1. The van der Waals surface area contributed by atoms with Gasteiger partial charge < -0.3 is 14.5 Å². The lowest BCUT2D eigenvalue weighted by molar-refractivity contribution is -0.132. The quantitative estimate of drug-likeness (QED) is 0.438. The van der Waals surface area contributed by atoms with Crippen molar-refractivity contribution in [3.8, 4) is 5.75 Å². The van der Waals surface area contributed by atoms with Gasteiger partial charge in [-0.1, -0.05) is 24.3 Å². The highest BCUT2D eigenvalue weighted by Gasteiger charge is 2.24. The Morgan fingerprint density at radius 2 is 1.91 bits per heavy atom. The van der Waals surface area contributed by atoms with Crippen molar-refractivity contribution in [3.63, 3.8) is 0 Å². The van der Waals surface area contributed by atoms with Crippen LogP contribution in [0.15, 0.2) is 84.2 Å². The molecular formula is C26H22FN5O3. The van der Waals surface area contributed by atoms with Gasteiger partial charge in [-0.15, -0.1) is 0 Å². The molecule has 2 aromatic carbocycles. The predicted octanol–water partition coefficient (Wildman–Crippen LogP) is 4.17. The molecule has 8 nitrogen and oxygen atoms in total. The van der Waals surface area contributed by atoms with Gasteiger partial charge in [0.25, 0.3) is 5.91 Å². The Hall–Kier alpha value is -4.53. The normalized spacial score (nSPS) is 13.6. The molecule has 0 aliphatic carbocycles. The Morgan fingerprint density at radius 3 is 2.74 bits per heavy atom. The standard InChI is InChI=1S/C26H22FN5O3/c27-19-9-7-18(8-10-19)15-32-25(33)12-11-23(30-32)26(34)29-20-4-3-5-22(14-20)35-17-21-16-31-13-2-1-6-24(31)28-21/h1-10,13-14,16H,11-12,15,17H2,(H,29,34). The molecule has 4 aromatic rings. The average Bonchev–Trinajstić information content (AvgIpc) is 3.29. The van der Waals surface area contributed by atoms with Gasteiger partial charge in [0, 0.05) is 37.0 Å². The van der Waals surface area contributed by atoms with E-state index in [1.807, 2.05) is 35.0 Å². The lowest BCUT2D eigenvalue weighted by Gasteiger charge is -2.23. The molecule has 1 N–H and O–H groups in total. The van der Waals surface area contributed by atoms with Crippen LogP contribution in [0.2, 0.25) is 0 Å². The highest BCUT2D eigenvalue weighted by atomic mass is 19.1. The maximum Gasteiger partial charge on any atom is 0.271 e. The summed E-state index contributed by atoms with van der Waals surface area (Å²) in [4.78, 5) is 29.6. The van der Waals surface area contributed by atoms with Crippen molar-refractivity contribution >= 4 is 28.9 Å². The minimum Gasteiger partial charge on any atom is -0.487 e. The molecule has 176 valence electrons. The van der Waals surface area contributed by atoms with Crippen molar-refractivity contribution in [1.82, 2.24) is 14.4 Å². The minimum absolute atomic E-state index is 0.169. The zero-order valence-electron chi connectivity index (χ0n) is 18.7. The molecule has 3 heterocycles. The molecule has 0 saturated heterocycles. The molecule has 9 heteroatoms. The molecule has 0 spiro atoms. The number of benzene rings is 2. The molecule has 35 heavy (non-hydrogen) atoms. The van der Waals surface area contributed by atoms with Gasteiger partial charge in [0.1, 0.15) is 29.5 Å². The number of nitrogens with zero attached hydrogens (tertiary/aromatic N) is 4. The van der Waals surface area contributed by atoms with Gasteiger partial charge in [-0.05, 0) is 42.0 Å². The van der Waals surface area contributed by atoms with Crippen LogP contribution in [-0.2, 0) is 22.7 Å². The van der Waals surface area contributed by atoms with Gasteiger partial charge in [-0.2, -0.15) is 5.10 Å². The number of hydrogen-bond acceptors (Lipinski definition) is 5. The number of imidazole rings is 1. The molecule has 0 bridgehead atoms. The number of ether oxygens (including phenoxy) is 1. The van der Waals surface area contributed by atoms with E-state index in [4.69, 9.17) is 4.74 Å². The molecule has 0 radical (unpaired) electrons. The Bertz CT molecular complexity index is 1380. The van der Waals surface area contributed by atoms with E-state index in [2.05, 4.69) is 15.4 Å². The van der Waals surface area contributed by atoms with E-state index >= 15 is 0 Å². The van der Waals surface area contributed by atoms with Crippen LogP contribution in [0.1, 0.15) is 24.1 Å². The fourth-order valence-electron chi connectivity index (χ4n) is 3.73. The summed E-state index contributed by atoms with van der Waals surface area (Å²) in [7, 11) is 0. The summed E-state index contributed by atoms with van der Waals surface area (Å²) in [6.45, 7) is 0.453. The molecule has 0 atom stereocenters. The first kappa shape index (κ1) is 22.3. The van der Waals surface area contributed by atoms with E-state index in [1.54, 1.807) is 36.4 Å². The van der Waals surface area contributed by atoms with Crippen molar-refractivity contribution in [3.05, 3.63) is 96.2 Å². The second kappa shape index (κ2) is 9.76.